The molecule has 3 rings (SSSR count). The van der Waals surface area contributed by atoms with Gasteiger partial charge in [0.1, 0.15) is 5.75 Å². The number of benzene rings is 1. The number of carbonyl (C=O) groups is 2. The first-order valence-electron chi connectivity index (χ1n) is 5.77. The van der Waals surface area contributed by atoms with E-state index in [0.29, 0.717) is 11.1 Å². The van der Waals surface area contributed by atoms with E-state index < -0.39 is 0 Å². The van der Waals surface area contributed by atoms with Crippen LogP contribution >= 0.6 is 0 Å². The molecule has 1 saturated heterocycles. The van der Waals surface area contributed by atoms with Gasteiger partial charge in [0, 0.05) is 11.1 Å². The first-order valence-corrected chi connectivity index (χ1v) is 5.77. The van der Waals surface area contributed by atoms with E-state index in [0.717, 1.165) is 17.7 Å². The number of para-hydroxylation sites is 2. The molecule has 1 heterocycles. The quantitative estimate of drug-likeness (QED) is 0.764. The van der Waals surface area contributed by atoms with Gasteiger partial charge in [0.05, 0.1) is 5.69 Å². The van der Waals surface area contributed by atoms with E-state index in [9.17, 15) is 14.7 Å². The summed E-state index contributed by atoms with van der Waals surface area (Å²) in [5.41, 5.74) is 1.15. The number of rotatable bonds is 1. The average Bonchev–Trinajstić information content (AvgIpc) is 2.64. The molecule has 18 heavy (non-hydrogen) atoms. The highest BCUT2D eigenvalue weighted by atomic mass is 16.3. The second-order valence-electron chi connectivity index (χ2n) is 4.25. The maximum absolute atomic E-state index is 12.2. The van der Waals surface area contributed by atoms with Crippen LogP contribution in [0.15, 0.2) is 47.6 Å². The van der Waals surface area contributed by atoms with E-state index in [4.69, 9.17) is 0 Å². The number of amides is 2. The Morgan fingerprint density at radius 1 is 0.944 bits per heavy atom. The van der Waals surface area contributed by atoms with Crippen molar-refractivity contribution >= 4 is 17.5 Å². The molecule has 1 aromatic rings. The van der Waals surface area contributed by atoms with Crippen LogP contribution in [0.25, 0.3) is 0 Å². The third-order valence-corrected chi connectivity index (χ3v) is 3.14. The third-order valence-electron chi connectivity index (χ3n) is 3.14. The summed E-state index contributed by atoms with van der Waals surface area (Å²) in [6, 6.07) is 6.35. The zero-order valence-corrected chi connectivity index (χ0v) is 9.59. The van der Waals surface area contributed by atoms with Crippen molar-refractivity contribution < 1.29 is 14.7 Å². The highest BCUT2D eigenvalue weighted by Crippen LogP contribution is 2.36. The van der Waals surface area contributed by atoms with Gasteiger partial charge in [-0.25, -0.2) is 4.90 Å². The van der Waals surface area contributed by atoms with E-state index in [2.05, 4.69) is 0 Å². The molecule has 0 atom stereocenters. The molecule has 2 amide bonds. The summed E-state index contributed by atoms with van der Waals surface area (Å²) in [4.78, 5) is 25.4. The van der Waals surface area contributed by atoms with Crippen molar-refractivity contribution in [2.75, 3.05) is 4.90 Å². The van der Waals surface area contributed by atoms with Crippen LogP contribution in [0.2, 0.25) is 0 Å². The molecule has 0 bridgehead atoms. The van der Waals surface area contributed by atoms with Crippen molar-refractivity contribution in [2.24, 2.45) is 0 Å². The summed E-state index contributed by atoms with van der Waals surface area (Å²) in [5, 5.41) is 9.76. The minimum absolute atomic E-state index is 0.0703. The van der Waals surface area contributed by atoms with E-state index in [1.807, 2.05) is 0 Å². The van der Waals surface area contributed by atoms with Gasteiger partial charge in [-0.2, -0.15) is 0 Å². The number of aromatic hydroxyl groups is 1. The van der Waals surface area contributed by atoms with Crippen molar-refractivity contribution in [1.29, 1.82) is 0 Å². The Hall–Kier alpha value is -2.36. The van der Waals surface area contributed by atoms with Crippen molar-refractivity contribution in [3.05, 3.63) is 47.6 Å². The molecule has 1 aliphatic heterocycles. The lowest BCUT2D eigenvalue weighted by atomic mass is 10.0. The van der Waals surface area contributed by atoms with Gasteiger partial charge in [0.2, 0.25) is 0 Å². The van der Waals surface area contributed by atoms with Gasteiger partial charge >= 0.3 is 0 Å². The smallest absolute Gasteiger partial charge is 0.265 e. The number of hydrogen-bond acceptors (Lipinski definition) is 3. The van der Waals surface area contributed by atoms with Crippen LogP contribution in [-0.2, 0) is 9.59 Å². The zero-order valence-electron chi connectivity index (χ0n) is 9.59. The summed E-state index contributed by atoms with van der Waals surface area (Å²) in [6.45, 7) is 0. The Morgan fingerprint density at radius 3 is 2.06 bits per heavy atom. The lowest BCUT2D eigenvalue weighted by molar-refractivity contribution is -0.119. The Labute approximate surface area is 104 Å². The van der Waals surface area contributed by atoms with E-state index >= 15 is 0 Å². The van der Waals surface area contributed by atoms with Crippen molar-refractivity contribution in [3.8, 4) is 5.75 Å². The third kappa shape index (κ3) is 1.39. The number of nitrogens with zero attached hydrogens (tertiary/aromatic N) is 1. The Morgan fingerprint density at radius 2 is 1.50 bits per heavy atom. The highest BCUT2D eigenvalue weighted by Gasteiger charge is 2.40. The molecular formula is C14H11NO3. The number of imide groups is 1. The number of hydrogen-bond donors (Lipinski definition) is 1. The van der Waals surface area contributed by atoms with Crippen LogP contribution in [0.1, 0.15) is 12.8 Å². The zero-order chi connectivity index (χ0) is 12.7. The molecule has 1 fully saturated rings. The first-order chi connectivity index (χ1) is 8.70. The maximum atomic E-state index is 12.2. The molecule has 1 N–H and O–H groups in total. The standard InChI is InChI=1S/C14H11NO3/c16-12-8-4-3-7-11(12)15-13(17)9-5-1-2-6-10(9)14(15)18/h3-8,16H,1-2H2. The molecule has 0 spiro atoms. The summed E-state index contributed by atoms with van der Waals surface area (Å²) in [5.74, 6) is -0.779. The second kappa shape index (κ2) is 3.84. The van der Waals surface area contributed by atoms with Gasteiger partial charge in [-0.05, 0) is 25.0 Å². The van der Waals surface area contributed by atoms with Gasteiger partial charge in [-0.3, -0.25) is 9.59 Å². The monoisotopic (exact) mass is 241 g/mol. The molecule has 0 saturated carbocycles. The minimum atomic E-state index is -0.354. The number of fused-ring (bicyclic) bond motifs is 1. The molecule has 4 nitrogen and oxygen atoms in total. The lowest BCUT2D eigenvalue weighted by Gasteiger charge is -2.14. The van der Waals surface area contributed by atoms with E-state index in [1.165, 1.54) is 6.07 Å². The normalized spacial score (nSPS) is 18.6. The Bertz CT molecular complexity index is 581. The minimum Gasteiger partial charge on any atom is -0.506 e. The maximum Gasteiger partial charge on any atom is 0.265 e. The van der Waals surface area contributed by atoms with Crippen LogP contribution < -0.4 is 4.90 Å². The van der Waals surface area contributed by atoms with Crippen LogP contribution in [0, 0.1) is 0 Å². The molecule has 0 aromatic heterocycles. The fourth-order valence-corrected chi connectivity index (χ4v) is 2.29. The van der Waals surface area contributed by atoms with Gasteiger partial charge < -0.3 is 5.11 Å². The molecule has 90 valence electrons. The van der Waals surface area contributed by atoms with Gasteiger partial charge in [-0.1, -0.05) is 24.3 Å². The van der Waals surface area contributed by atoms with Crippen LogP contribution in [0.4, 0.5) is 5.69 Å². The molecule has 0 radical (unpaired) electrons. The second-order valence-corrected chi connectivity index (χ2v) is 4.25. The number of anilines is 1. The fraction of sp³-hybridized carbons (Fsp3) is 0.143. The average molecular weight is 241 g/mol. The van der Waals surface area contributed by atoms with Gasteiger partial charge in [0.25, 0.3) is 11.8 Å². The first kappa shape index (κ1) is 10.8. The van der Waals surface area contributed by atoms with Gasteiger partial charge in [-0.15, -0.1) is 0 Å². The van der Waals surface area contributed by atoms with E-state index in [-0.39, 0.29) is 23.3 Å². The van der Waals surface area contributed by atoms with Crippen LogP contribution in [0.3, 0.4) is 0 Å². The number of phenols is 1. The predicted octanol–water partition coefficient (Wildman–Crippen LogP) is 1.91. The van der Waals surface area contributed by atoms with Crippen molar-refractivity contribution in [1.82, 2.24) is 0 Å². The number of phenolic OH excluding ortho intramolecular Hbond substituents is 1. The lowest BCUT2D eigenvalue weighted by Crippen LogP contribution is -2.29. The Balaban J connectivity index is 2.12. The summed E-state index contributed by atoms with van der Waals surface area (Å²) >= 11 is 0. The molecule has 0 unspecified atom stereocenters. The highest BCUT2D eigenvalue weighted by molar-refractivity contribution is 6.37. The van der Waals surface area contributed by atoms with Crippen LogP contribution in [0.5, 0.6) is 5.75 Å². The molecule has 2 aliphatic rings. The van der Waals surface area contributed by atoms with Gasteiger partial charge in [0.15, 0.2) is 0 Å². The fourth-order valence-electron chi connectivity index (χ4n) is 2.29. The predicted molar refractivity (Wildman–Crippen MR) is 66.0 cm³/mol. The molecule has 1 aliphatic carbocycles. The SMILES string of the molecule is O=C1C2=CCCC=C2C(=O)N1c1ccccc1O. The molecule has 1 aromatic carbocycles. The van der Waals surface area contributed by atoms with E-state index in [1.54, 1.807) is 30.4 Å². The summed E-state index contributed by atoms with van der Waals surface area (Å²) in [6.07, 6.45) is 5.12. The van der Waals surface area contributed by atoms with Crippen LogP contribution in [-0.4, -0.2) is 16.9 Å². The topological polar surface area (TPSA) is 57.6 Å². The summed E-state index contributed by atoms with van der Waals surface area (Å²) < 4.78 is 0. The summed E-state index contributed by atoms with van der Waals surface area (Å²) in [7, 11) is 0. The number of carbonyl (C=O) groups excluding carboxylic acids is 2. The Kier molecular flexibility index (Phi) is 2.30. The largest absolute Gasteiger partial charge is 0.506 e. The molecule has 4 heteroatoms. The molecular weight excluding hydrogens is 230 g/mol. The number of allylic oxidation sites excluding steroid dienone is 2. The van der Waals surface area contributed by atoms with Crippen molar-refractivity contribution in [3.63, 3.8) is 0 Å². The van der Waals surface area contributed by atoms with Crippen molar-refractivity contribution in [2.45, 2.75) is 12.8 Å².